The lowest BCUT2D eigenvalue weighted by Gasteiger charge is -2.33. The number of ether oxygens (including phenoxy) is 1. The molecule has 3 aromatic heterocycles. The highest BCUT2D eigenvalue weighted by Gasteiger charge is 2.23. The molecule has 26 heavy (non-hydrogen) atoms. The van der Waals surface area contributed by atoms with E-state index in [-0.39, 0.29) is 11.7 Å². The second-order valence-electron chi connectivity index (χ2n) is 6.64. The molecule has 1 aliphatic rings. The number of fused-ring (bicyclic) bond motifs is 1. The molecule has 7 heteroatoms. The summed E-state index contributed by atoms with van der Waals surface area (Å²) in [5.41, 5.74) is 2.41. The highest BCUT2D eigenvalue weighted by Crippen LogP contribution is 2.24. The topological polar surface area (TPSA) is 72.6 Å². The van der Waals surface area contributed by atoms with Crippen LogP contribution in [0.4, 0.5) is 5.82 Å². The molecule has 0 unspecified atom stereocenters. The molecule has 4 heterocycles. The summed E-state index contributed by atoms with van der Waals surface area (Å²) in [7, 11) is 0. The Balaban J connectivity index is 1.48. The van der Waals surface area contributed by atoms with Crippen molar-refractivity contribution in [2.24, 2.45) is 0 Å². The Bertz CT molecular complexity index is 975. The van der Waals surface area contributed by atoms with Crippen LogP contribution in [0.2, 0.25) is 0 Å². The van der Waals surface area contributed by atoms with Gasteiger partial charge in [0, 0.05) is 43.9 Å². The Kier molecular flexibility index (Phi) is 4.28. The summed E-state index contributed by atoms with van der Waals surface area (Å²) in [6.07, 6.45) is 5.25. The van der Waals surface area contributed by atoms with Crippen molar-refractivity contribution < 1.29 is 4.74 Å². The fourth-order valence-corrected chi connectivity index (χ4v) is 3.26. The summed E-state index contributed by atoms with van der Waals surface area (Å²) in [4.78, 5) is 22.7. The van der Waals surface area contributed by atoms with E-state index in [0.29, 0.717) is 5.65 Å². The summed E-state index contributed by atoms with van der Waals surface area (Å²) in [6, 6.07) is 7.25. The van der Waals surface area contributed by atoms with E-state index < -0.39 is 0 Å². The van der Waals surface area contributed by atoms with Gasteiger partial charge in [0.2, 0.25) is 0 Å². The van der Waals surface area contributed by atoms with Gasteiger partial charge in [-0.25, -0.2) is 4.98 Å². The molecule has 1 fully saturated rings. The summed E-state index contributed by atoms with van der Waals surface area (Å²) >= 11 is 0. The molecule has 0 radical (unpaired) electrons. The lowest BCUT2D eigenvalue weighted by Crippen LogP contribution is -2.39. The lowest BCUT2D eigenvalue weighted by molar-refractivity contribution is 0.170. The number of rotatable bonds is 3. The molecule has 1 aliphatic heterocycles. The standard InChI is InChI=1S/C19H21N5O2/c1-13-11-17-20-8-5-18(25)24(17)22-19(13)23-9-6-15(7-10-23)26-16-4-3-14(2)21-12-16/h3-5,8,11-12,15H,6-7,9-10H2,1-2H3. The van der Waals surface area contributed by atoms with Crippen LogP contribution in [-0.2, 0) is 0 Å². The summed E-state index contributed by atoms with van der Waals surface area (Å²) in [6.45, 7) is 5.63. The van der Waals surface area contributed by atoms with Crippen molar-refractivity contribution >= 4 is 11.5 Å². The SMILES string of the molecule is Cc1ccc(OC2CCN(c3nn4c(=O)ccnc4cc3C)CC2)cn1. The highest BCUT2D eigenvalue weighted by molar-refractivity contribution is 5.52. The zero-order chi connectivity index (χ0) is 18.1. The van der Waals surface area contributed by atoms with Gasteiger partial charge in [-0.05, 0) is 37.6 Å². The Morgan fingerprint density at radius 1 is 1.12 bits per heavy atom. The first-order valence-electron chi connectivity index (χ1n) is 8.80. The average Bonchev–Trinajstić information content (AvgIpc) is 2.64. The summed E-state index contributed by atoms with van der Waals surface area (Å²) < 4.78 is 7.40. The molecule has 1 saturated heterocycles. The van der Waals surface area contributed by atoms with E-state index >= 15 is 0 Å². The number of hydrogen-bond acceptors (Lipinski definition) is 6. The Hall–Kier alpha value is -2.96. The molecule has 3 aromatic rings. The minimum atomic E-state index is -0.165. The molecule has 0 spiro atoms. The first-order valence-corrected chi connectivity index (χ1v) is 8.80. The third kappa shape index (κ3) is 3.24. The minimum Gasteiger partial charge on any atom is -0.489 e. The molecule has 7 nitrogen and oxygen atoms in total. The number of nitrogens with zero attached hydrogens (tertiary/aromatic N) is 5. The fraction of sp³-hybridized carbons (Fsp3) is 0.368. The third-order valence-corrected chi connectivity index (χ3v) is 4.67. The summed E-state index contributed by atoms with van der Waals surface area (Å²) in [5.74, 6) is 1.65. The molecular weight excluding hydrogens is 330 g/mol. The van der Waals surface area contributed by atoms with Crippen LogP contribution in [0.25, 0.3) is 5.65 Å². The lowest BCUT2D eigenvalue weighted by atomic mass is 10.1. The van der Waals surface area contributed by atoms with Gasteiger partial charge in [-0.1, -0.05) is 0 Å². The Morgan fingerprint density at radius 2 is 1.92 bits per heavy atom. The number of pyridine rings is 1. The number of piperidine rings is 1. The van der Waals surface area contributed by atoms with Gasteiger partial charge < -0.3 is 9.64 Å². The van der Waals surface area contributed by atoms with Crippen molar-refractivity contribution in [2.45, 2.75) is 32.8 Å². The van der Waals surface area contributed by atoms with E-state index in [1.165, 1.54) is 16.8 Å². The quantitative estimate of drug-likeness (QED) is 0.720. The van der Waals surface area contributed by atoms with Gasteiger partial charge in [0.1, 0.15) is 11.9 Å². The number of anilines is 1. The van der Waals surface area contributed by atoms with Crippen molar-refractivity contribution in [2.75, 3.05) is 18.0 Å². The normalized spacial score (nSPS) is 15.4. The monoisotopic (exact) mass is 351 g/mol. The van der Waals surface area contributed by atoms with Gasteiger partial charge in [0.25, 0.3) is 5.56 Å². The van der Waals surface area contributed by atoms with Gasteiger partial charge in [-0.2, -0.15) is 4.52 Å². The van der Waals surface area contributed by atoms with Crippen molar-refractivity contribution in [1.82, 2.24) is 19.6 Å². The second kappa shape index (κ2) is 6.74. The molecular formula is C19H21N5O2. The number of aryl methyl sites for hydroxylation is 2. The number of hydrogen-bond donors (Lipinski definition) is 0. The van der Waals surface area contributed by atoms with E-state index in [1.54, 1.807) is 6.20 Å². The van der Waals surface area contributed by atoms with Crippen LogP contribution in [0.3, 0.4) is 0 Å². The largest absolute Gasteiger partial charge is 0.489 e. The van der Waals surface area contributed by atoms with E-state index in [2.05, 4.69) is 20.0 Å². The molecule has 0 bridgehead atoms. The fourth-order valence-electron chi connectivity index (χ4n) is 3.26. The molecule has 0 aromatic carbocycles. The predicted octanol–water partition coefficient (Wildman–Crippen LogP) is 2.15. The molecule has 4 rings (SSSR count). The van der Waals surface area contributed by atoms with Gasteiger partial charge in [-0.3, -0.25) is 9.78 Å². The van der Waals surface area contributed by atoms with Crippen molar-refractivity contribution in [3.05, 3.63) is 58.3 Å². The van der Waals surface area contributed by atoms with Crippen LogP contribution in [0.1, 0.15) is 24.1 Å². The molecule has 0 atom stereocenters. The van der Waals surface area contributed by atoms with E-state index in [9.17, 15) is 4.79 Å². The zero-order valence-corrected chi connectivity index (χ0v) is 14.9. The van der Waals surface area contributed by atoms with Crippen LogP contribution < -0.4 is 15.2 Å². The molecule has 0 aliphatic carbocycles. The first-order chi connectivity index (χ1) is 12.6. The second-order valence-corrected chi connectivity index (χ2v) is 6.64. The van der Waals surface area contributed by atoms with Gasteiger partial charge in [-0.15, -0.1) is 5.10 Å². The average molecular weight is 351 g/mol. The maximum Gasteiger partial charge on any atom is 0.274 e. The van der Waals surface area contributed by atoms with Crippen LogP contribution in [0, 0.1) is 13.8 Å². The summed E-state index contributed by atoms with van der Waals surface area (Å²) in [5, 5.41) is 4.53. The highest BCUT2D eigenvalue weighted by atomic mass is 16.5. The first kappa shape index (κ1) is 16.5. The van der Waals surface area contributed by atoms with E-state index in [1.807, 2.05) is 32.0 Å². The van der Waals surface area contributed by atoms with Gasteiger partial charge in [0.15, 0.2) is 11.5 Å². The molecule has 0 N–H and O–H groups in total. The molecule has 0 saturated carbocycles. The molecule has 0 amide bonds. The van der Waals surface area contributed by atoms with Crippen LogP contribution in [0.5, 0.6) is 5.75 Å². The van der Waals surface area contributed by atoms with Gasteiger partial charge in [0.05, 0.1) is 6.20 Å². The zero-order valence-electron chi connectivity index (χ0n) is 14.9. The maximum atomic E-state index is 12.0. The van der Waals surface area contributed by atoms with Crippen molar-refractivity contribution in [3.63, 3.8) is 0 Å². The van der Waals surface area contributed by atoms with Crippen molar-refractivity contribution in [1.29, 1.82) is 0 Å². The van der Waals surface area contributed by atoms with E-state index in [4.69, 9.17) is 4.74 Å². The minimum absolute atomic E-state index is 0.165. The van der Waals surface area contributed by atoms with Gasteiger partial charge >= 0.3 is 0 Å². The van der Waals surface area contributed by atoms with Crippen molar-refractivity contribution in [3.8, 4) is 5.75 Å². The molecule has 134 valence electrons. The number of aromatic nitrogens is 4. The maximum absolute atomic E-state index is 12.0. The Labute approximate surface area is 151 Å². The van der Waals surface area contributed by atoms with Crippen LogP contribution in [0.15, 0.2) is 41.5 Å². The predicted molar refractivity (Wildman–Crippen MR) is 98.8 cm³/mol. The third-order valence-electron chi connectivity index (χ3n) is 4.67. The van der Waals surface area contributed by atoms with Crippen LogP contribution >= 0.6 is 0 Å². The Morgan fingerprint density at radius 3 is 2.65 bits per heavy atom. The van der Waals surface area contributed by atoms with E-state index in [0.717, 1.165) is 48.8 Å². The smallest absolute Gasteiger partial charge is 0.274 e. The van der Waals surface area contributed by atoms with Crippen LogP contribution in [-0.4, -0.2) is 38.8 Å².